The molecule has 1 aliphatic rings. The highest BCUT2D eigenvalue weighted by Gasteiger charge is 2.25. The third-order valence-corrected chi connectivity index (χ3v) is 5.33. The number of nitrogens with one attached hydrogen (secondary N) is 2. The molecule has 24 heavy (non-hydrogen) atoms. The number of carbonyl (C=O) groups is 1. The molecule has 0 unspecified atom stereocenters. The molecule has 0 bridgehead atoms. The van der Waals surface area contributed by atoms with Crippen LogP contribution in [-0.4, -0.2) is 51.3 Å². The van der Waals surface area contributed by atoms with E-state index in [1.165, 1.54) is 10.6 Å². The summed E-state index contributed by atoms with van der Waals surface area (Å²) >= 11 is 0. The van der Waals surface area contributed by atoms with E-state index in [0.29, 0.717) is 37.7 Å². The van der Waals surface area contributed by atoms with E-state index >= 15 is 0 Å². The van der Waals surface area contributed by atoms with E-state index in [0.717, 1.165) is 12.8 Å². The van der Waals surface area contributed by atoms with E-state index < -0.39 is 10.0 Å². The van der Waals surface area contributed by atoms with Gasteiger partial charge in [-0.1, -0.05) is 12.1 Å². The lowest BCUT2D eigenvalue weighted by molar-refractivity contribution is 0.240. The molecule has 0 aliphatic carbocycles. The van der Waals surface area contributed by atoms with Gasteiger partial charge in [0, 0.05) is 19.6 Å². The highest BCUT2D eigenvalue weighted by molar-refractivity contribution is 7.88. The Labute approximate surface area is 143 Å². The van der Waals surface area contributed by atoms with E-state index in [-0.39, 0.29) is 11.9 Å². The van der Waals surface area contributed by atoms with Crippen molar-refractivity contribution in [1.29, 1.82) is 0 Å². The molecule has 8 heteroatoms. The van der Waals surface area contributed by atoms with Gasteiger partial charge in [0.05, 0.1) is 18.6 Å². The van der Waals surface area contributed by atoms with Gasteiger partial charge in [0.1, 0.15) is 5.75 Å². The summed E-state index contributed by atoms with van der Waals surface area (Å²) in [6.45, 7) is 3.97. The molecule has 134 valence electrons. The molecule has 0 atom stereocenters. The number of piperidine rings is 1. The molecule has 0 aromatic heterocycles. The number of amides is 2. The molecular weight excluding hydrogens is 330 g/mol. The topological polar surface area (TPSA) is 87.7 Å². The van der Waals surface area contributed by atoms with Gasteiger partial charge in [-0.2, -0.15) is 0 Å². The quantitative estimate of drug-likeness (QED) is 0.815. The second kappa shape index (κ2) is 8.34. The van der Waals surface area contributed by atoms with E-state index in [9.17, 15) is 13.2 Å². The maximum atomic E-state index is 12.1. The van der Waals surface area contributed by atoms with Crippen molar-refractivity contribution >= 4 is 21.7 Å². The van der Waals surface area contributed by atoms with Crippen molar-refractivity contribution in [3.8, 4) is 5.75 Å². The van der Waals surface area contributed by atoms with Gasteiger partial charge < -0.3 is 15.4 Å². The molecule has 0 saturated carbocycles. The molecule has 2 amide bonds. The minimum atomic E-state index is -3.11. The Morgan fingerprint density at radius 3 is 2.58 bits per heavy atom. The summed E-state index contributed by atoms with van der Waals surface area (Å²) in [4.78, 5) is 12.1. The minimum Gasteiger partial charge on any atom is -0.492 e. The number of benzene rings is 1. The van der Waals surface area contributed by atoms with Gasteiger partial charge in [-0.15, -0.1) is 0 Å². The molecule has 1 saturated heterocycles. The summed E-state index contributed by atoms with van der Waals surface area (Å²) in [6.07, 6.45) is 2.74. The minimum absolute atomic E-state index is 0.285. The monoisotopic (exact) mass is 355 g/mol. The van der Waals surface area contributed by atoms with E-state index in [1.54, 1.807) is 12.1 Å². The van der Waals surface area contributed by atoms with Crippen LogP contribution in [0.4, 0.5) is 10.5 Å². The standard InChI is InChI=1S/C16H25N3O4S/c1-3-23-15-7-5-4-6-14(15)18-16(20)17-12-13-8-10-19(11-9-13)24(2,21)22/h4-7,13H,3,8-12H2,1-2H3,(H2,17,18,20). The van der Waals surface area contributed by atoms with Gasteiger partial charge in [-0.25, -0.2) is 17.5 Å². The van der Waals surface area contributed by atoms with Crippen molar-refractivity contribution in [3.63, 3.8) is 0 Å². The molecule has 1 aromatic rings. The molecular formula is C16H25N3O4S. The zero-order chi connectivity index (χ0) is 17.6. The zero-order valence-electron chi connectivity index (χ0n) is 14.1. The fourth-order valence-electron chi connectivity index (χ4n) is 2.70. The first-order valence-corrected chi connectivity index (χ1v) is 9.96. The van der Waals surface area contributed by atoms with Gasteiger partial charge in [0.2, 0.25) is 10.0 Å². The van der Waals surface area contributed by atoms with Crippen LogP contribution >= 0.6 is 0 Å². The molecule has 0 radical (unpaired) electrons. The number of carbonyl (C=O) groups excluding carboxylic acids is 1. The van der Waals surface area contributed by atoms with Crippen LogP contribution < -0.4 is 15.4 Å². The second-order valence-electron chi connectivity index (χ2n) is 5.87. The maximum absolute atomic E-state index is 12.1. The Hall–Kier alpha value is -1.80. The largest absolute Gasteiger partial charge is 0.492 e. The first-order chi connectivity index (χ1) is 11.4. The Morgan fingerprint density at radius 2 is 1.96 bits per heavy atom. The predicted molar refractivity (Wildman–Crippen MR) is 93.8 cm³/mol. The van der Waals surface area contributed by atoms with Gasteiger partial charge in [-0.05, 0) is 37.8 Å². The fraction of sp³-hybridized carbons (Fsp3) is 0.562. The average Bonchev–Trinajstić information content (AvgIpc) is 2.55. The number of ether oxygens (including phenoxy) is 1. The van der Waals surface area contributed by atoms with Crippen molar-refractivity contribution < 1.29 is 17.9 Å². The molecule has 1 aliphatic heterocycles. The van der Waals surface area contributed by atoms with Crippen LogP contribution in [0.25, 0.3) is 0 Å². The van der Waals surface area contributed by atoms with Crippen molar-refractivity contribution in [2.24, 2.45) is 5.92 Å². The highest BCUT2D eigenvalue weighted by atomic mass is 32.2. The van der Waals surface area contributed by atoms with Crippen LogP contribution in [0.2, 0.25) is 0 Å². The smallest absolute Gasteiger partial charge is 0.319 e. The summed E-state index contributed by atoms with van der Waals surface area (Å²) in [7, 11) is -3.11. The highest BCUT2D eigenvalue weighted by Crippen LogP contribution is 2.23. The summed E-state index contributed by atoms with van der Waals surface area (Å²) in [6, 6.07) is 6.99. The lowest BCUT2D eigenvalue weighted by Gasteiger charge is -2.30. The number of hydrogen-bond donors (Lipinski definition) is 2. The number of rotatable bonds is 6. The summed E-state index contributed by atoms with van der Waals surface area (Å²) in [5.74, 6) is 0.924. The lowest BCUT2D eigenvalue weighted by atomic mass is 9.98. The Bertz CT molecular complexity index is 655. The third-order valence-electron chi connectivity index (χ3n) is 4.03. The van der Waals surface area contributed by atoms with Gasteiger partial charge in [0.15, 0.2) is 0 Å². The predicted octanol–water partition coefficient (Wildman–Crippen LogP) is 1.88. The summed E-state index contributed by atoms with van der Waals surface area (Å²) < 4.78 is 29.9. The fourth-order valence-corrected chi connectivity index (χ4v) is 3.57. The molecule has 2 rings (SSSR count). The second-order valence-corrected chi connectivity index (χ2v) is 7.85. The van der Waals surface area contributed by atoms with Crippen LogP contribution in [0, 0.1) is 5.92 Å². The SMILES string of the molecule is CCOc1ccccc1NC(=O)NCC1CCN(S(C)(=O)=O)CC1. The van der Waals surface area contributed by atoms with E-state index in [4.69, 9.17) is 4.74 Å². The lowest BCUT2D eigenvalue weighted by Crippen LogP contribution is -2.41. The van der Waals surface area contributed by atoms with Crippen LogP contribution in [0.15, 0.2) is 24.3 Å². The maximum Gasteiger partial charge on any atom is 0.319 e. The normalized spacial score (nSPS) is 16.6. The third kappa shape index (κ3) is 5.38. The van der Waals surface area contributed by atoms with Crippen molar-refractivity contribution in [3.05, 3.63) is 24.3 Å². The molecule has 1 fully saturated rings. The first kappa shape index (κ1) is 18.5. The number of hydrogen-bond acceptors (Lipinski definition) is 4. The van der Waals surface area contributed by atoms with E-state index in [1.807, 2.05) is 19.1 Å². The Balaban J connectivity index is 1.78. The van der Waals surface area contributed by atoms with Crippen LogP contribution in [0.3, 0.4) is 0 Å². The molecule has 0 spiro atoms. The van der Waals surface area contributed by atoms with Crippen molar-refractivity contribution in [2.75, 3.05) is 37.8 Å². The van der Waals surface area contributed by atoms with E-state index in [2.05, 4.69) is 10.6 Å². The van der Waals surface area contributed by atoms with Gasteiger partial charge >= 0.3 is 6.03 Å². The van der Waals surface area contributed by atoms with Gasteiger partial charge in [0.25, 0.3) is 0 Å². The molecule has 1 heterocycles. The van der Waals surface area contributed by atoms with Crippen molar-refractivity contribution in [2.45, 2.75) is 19.8 Å². The number of urea groups is 1. The first-order valence-electron chi connectivity index (χ1n) is 8.12. The van der Waals surface area contributed by atoms with Crippen molar-refractivity contribution in [1.82, 2.24) is 9.62 Å². The summed E-state index contributed by atoms with van der Waals surface area (Å²) in [5.41, 5.74) is 0.628. The van der Waals surface area contributed by atoms with Crippen LogP contribution in [0.1, 0.15) is 19.8 Å². The molecule has 1 aromatic carbocycles. The Morgan fingerprint density at radius 1 is 1.29 bits per heavy atom. The number of para-hydroxylation sites is 2. The number of sulfonamides is 1. The Kier molecular flexibility index (Phi) is 6.44. The van der Waals surface area contributed by atoms with Gasteiger partial charge in [-0.3, -0.25) is 0 Å². The number of anilines is 1. The van der Waals surface area contributed by atoms with Crippen LogP contribution in [-0.2, 0) is 10.0 Å². The average molecular weight is 355 g/mol. The molecule has 7 nitrogen and oxygen atoms in total. The van der Waals surface area contributed by atoms with Crippen LogP contribution in [0.5, 0.6) is 5.75 Å². The number of nitrogens with zero attached hydrogens (tertiary/aromatic N) is 1. The summed E-state index contributed by atoms with van der Waals surface area (Å²) in [5, 5.41) is 5.64. The zero-order valence-corrected chi connectivity index (χ0v) is 14.9. The molecule has 2 N–H and O–H groups in total.